The van der Waals surface area contributed by atoms with Crippen LogP contribution in [0.3, 0.4) is 0 Å². The van der Waals surface area contributed by atoms with Crippen molar-refractivity contribution in [2.45, 2.75) is 9.65 Å². The van der Waals surface area contributed by atoms with Crippen LogP contribution in [0.2, 0.25) is 0 Å². The van der Waals surface area contributed by atoms with Crippen LogP contribution in [0.5, 0.6) is 0 Å². The fourth-order valence-electron chi connectivity index (χ4n) is 1.38. The molecule has 0 saturated heterocycles. The zero-order valence-electron chi connectivity index (χ0n) is 9.01. The van der Waals surface area contributed by atoms with E-state index in [0.717, 1.165) is 0 Å². The van der Waals surface area contributed by atoms with Crippen molar-refractivity contribution in [3.63, 3.8) is 0 Å². The number of carbonyl (C=O) groups excluding carboxylic acids is 2. The highest BCUT2D eigenvalue weighted by molar-refractivity contribution is 9.12. The number of halogens is 2. The summed E-state index contributed by atoms with van der Waals surface area (Å²) < 4.78 is 0. The maximum atomic E-state index is 12.1. The van der Waals surface area contributed by atoms with Crippen LogP contribution in [0, 0.1) is 0 Å². The summed E-state index contributed by atoms with van der Waals surface area (Å²) in [6.07, 6.45) is 0. The second-order valence-electron chi connectivity index (χ2n) is 3.49. The first-order valence-electron chi connectivity index (χ1n) is 5.05. The third kappa shape index (κ3) is 2.99. The maximum Gasteiger partial charge on any atom is 0.187 e. The Balaban J connectivity index is 2.12. The summed E-state index contributed by atoms with van der Waals surface area (Å²) in [5, 5.41) is 3.69. The first kappa shape index (κ1) is 14.1. The number of alkyl halides is 2. The Bertz CT molecular complexity index is 484. The predicted molar refractivity (Wildman–Crippen MR) is 82.7 cm³/mol. The van der Waals surface area contributed by atoms with Gasteiger partial charge in [-0.25, -0.2) is 0 Å². The molecule has 0 fully saturated rings. The first-order chi connectivity index (χ1) is 8.61. The van der Waals surface area contributed by atoms with E-state index in [-0.39, 0.29) is 11.6 Å². The van der Waals surface area contributed by atoms with Crippen LogP contribution >= 0.6 is 54.5 Å². The minimum Gasteiger partial charge on any atom is -0.292 e. The van der Waals surface area contributed by atoms with Gasteiger partial charge in [0.1, 0.15) is 0 Å². The molecule has 2 atom stereocenters. The molecule has 2 aromatic heterocycles. The third-order valence-corrected chi connectivity index (χ3v) is 6.65. The maximum absolute atomic E-state index is 12.1. The number of carbonyl (C=O) groups is 2. The summed E-state index contributed by atoms with van der Waals surface area (Å²) in [4.78, 5) is 24.4. The van der Waals surface area contributed by atoms with Crippen molar-refractivity contribution in [2.75, 3.05) is 0 Å². The van der Waals surface area contributed by atoms with Crippen LogP contribution in [0.1, 0.15) is 19.3 Å². The summed E-state index contributed by atoms with van der Waals surface area (Å²) in [7, 11) is 0. The van der Waals surface area contributed by atoms with Gasteiger partial charge >= 0.3 is 0 Å². The molecule has 2 unspecified atom stereocenters. The molecule has 0 saturated carbocycles. The van der Waals surface area contributed by atoms with E-state index in [1.165, 1.54) is 22.7 Å². The summed E-state index contributed by atoms with van der Waals surface area (Å²) in [6.45, 7) is 0. The number of thiophene rings is 2. The molecule has 0 aliphatic carbocycles. The zero-order valence-corrected chi connectivity index (χ0v) is 13.8. The van der Waals surface area contributed by atoms with Crippen molar-refractivity contribution in [3.8, 4) is 0 Å². The standard InChI is InChI=1S/C12H8Br2O2S2/c13-9(11(15)7-3-1-5-17-7)10(14)12(16)8-4-2-6-18-8/h1-6,9-10H. The van der Waals surface area contributed by atoms with Gasteiger partial charge in [-0.05, 0) is 22.9 Å². The van der Waals surface area contributed by atoms with E-state index < -0.39 is 9.65 Å². The zero-order chi connectivity index (χ0) is 13.1. The lowest BCUT2D eigenvalue weighted by Gasteiger charge is -2.13. The number of hydrogen-bond acceptors (Lipinski definition) is 4. The molecule has 0 bridgehead atoms. The Hall–Kier alpha value is -0.300. The lowest BCUT2D eigenvalue weighted by molar-refractivity contribution is 0.0938. The van der Waals surface area contributed by atoms with Crippen LogP contribution in [-0.4, -0.2) is 21.2 Å². The monoisotopic (exact) mass is 406 g/mol. The van der Waals surface area contributed by atoms with E-state index in [1.54, 1.807) is 12.1 Å². The van der Waals surface area contributed by atoms with Crippen LogP contribution < -0.4 is 0 Å². The lowest BCUT2D eigenvalue weighted by Crippen LogP contribution is -2.30. The highest BCUT2D eigenvalue weighted by Crippen LogP contribution is 2.26. The second kappa shape index (κ2) is 6.23. The molecule has 0 spiro atoms. The molecule has 2 nitrogen and oxygen atoms in total. The Morgan fingerprint density at radius 2 is 1.28 bits per heavy atom. The predicted octanol–water partition coefficient (Wildman–Crippen LogP) is 4.40. The quantitative estimate of drug-likeness (QED) is 0.543. The molecule has 6 heteroatoms. The van der Waals surface area contributed by atoms with Gasteiger partial charge in [0.15, 0.2) is 11.6 Å². The van der Waals surface area contributed by atoms with Crippen LogP contribution in [0.4, 0.5) is 0 Å². The minimum absolute atomic E-state index is 0.0724. The number of Topliss-reactive ketones (excluding diaryl/α,β-unsaturated/α-hetero) is 2. The number of rotatable bonds is 5. The van der Waals surface area contributed by atoms with Gasteiger partial charge in [0.05, 0.1) is 19.4 Å². The molecule has 0 aromatic carbocycles. The largest absolute Gasteiger partial charge is 0.292 e. The molecule has 94 valence electrons. The van der Waals surface area contributed by atoms with Gasteiger partial charge in [0, 0.05) is 0 Å². The smallest absolute Gasteiger partial charge is 0.187 e. The summed E-state index contributed by atoms with van der Waals surface area (Å²) >= 11 is 9.37. The van der Waals surface area contributed by atoms with Gasteiger partial charge in [-0.15, -0.1) is 22.7 Å². The fourth-order valence-corrected chi connectivity index (χ4v) is 4.06. The Labute approximate surface area is 129 Å². The highest BCUT2D eigenvalue weighted by atomic mass is 79.9. The molecule has 0 N–H and O–H groups in total. The van der Waals surface area contributed by atoms with E-state index in [1.807, 2.05) is 22.9 Å². The van der Waals surface area contributed by atoms with Gasteiger partial charge in [-0.3, -0.25) is 9.59 Å². The molecular formula is C12H8Br2O2S2. The van der Waals surface area contributed by atoms with Gasteiger partial charge in [-0.1, -0.05) is 44.0 Å². The summed E-state index contributed by atoms with van der Waals surface area (Å²) in [5.41, 5.74) is 0. The van der Waals surface area contributed by atoms with Crippen molar-refractivity contribution in [1.82, 2.24) is 0 Å². The van der Waals surface area contributed by atoms with Crippen molar-refractivity contribution >= 4 is 66.1 Å². The van der Waals surface area contributed by atoms with E-state index in [2.05, 4.69) is 31.9 Å². The van der Waals surface area contributed by atoms with Gasteiger partial charge < -0.3 is 0 Å². The summed E-state index contributed by atoms with van der Waals surface area (Å²) in [6, 6.07) is 7.16. The van der Waals surface area contributed by atoms with E-state index in [9.17, 15) is 9.59 Å². The van der Waals surface area contributed by atoms with E-state index in [0.29, 0.717) is 9.75 Å². The molecule has 0 radical (unpaired) electrons. The van der Waals surface area contributed by atoms with Crippen molar-refractivity contribution in [2.24, 2.45) is 0 Å². The Kier molecular flexibility index (Phi) is 4.89. The van der Waals surface area contributed by atoms with Crippen molar-refractivity contribution in [1.29, 1.82) is 0 Å². The van der Waals surface area contributed by atoms with Crippen LogP contribution in [0.25, 0.3) is 0 Å². The SMILES string of the molecule is O=C(c1cccs1)C(Br)C(Br)C(=O)c1cccs1. The average Bonchev–Trinajstić information content (AvgIpc) is 3.06. The van der Waals surface area contributed by atoms with Gasteiger partial charge in [-0.2, -0.15) is 0 Å². The Morgan fingerprint density at radius 1 is 0.889 bits per heavy atom. The summed E-state index contributed by atoms with van der Waals surface area (Å²) in [5.74, 6) is -0.145. The Morgan fingerprint density at radius 3 is 1.56 bits per heavy atom. The molecule has 0 aliphatic rings. The lowest BCUT2D eigenvalue weighted by atomic mass is 10.1. The normalized spacial score (nSPS) is 14.1. The molecular weight excluding hydrogens is 400 g/mol. The topological polar surface area (TPSA) is 34.1 Å². The molecule has 0 amide bonds. The number of ketones is 2. The van der Waals surface area contributed by atoms with Crippen molar-refractivity contribution in [3.05, 3.63) is 44.8 Å². The minimum atomic E-state index is -0.550. The van der Waals surface area contributed by atoms with E-state index in [4.69, 9.17) is 0 Å². The van der Waals surface area contributed by atoms with Gasteiger partial charge in [0.2, 0.25) is 0 Å². The molecule has 0 aliphatic heterocycles. The molecule has 2 heterocycles. The molecule has 2 aromatic rings. The molecule has 18 heavy (non-hydrogen) atoms. The first-order valence-corrected chi connectivity index (χ1v) is 8.64. The highest BCUT2D eigenvalue weighted by Gasteiger charge is 2.31. The van der Waals surface area contributed by atoms with E-state index >= 15 is 0 Å². The van der Waals surface area contributed by atoms with Crippen molar-refractivity contribution < 1.29 is 9.59 Å². The average molecular weight is 408 g/mol. The third-order valence-electron chi connectivity index (χ3n) is 2.29. The number of hydrogen-bond donors (Lipinski definition) is 0. The van der Waals surface area contributed by atoms with Crippen LogP contribution in [-0.2, 0) is 0 Å². The fraction of sp³-hybridized carbons (Fsp3) is 0.167. The van der Waals surface area contributed by atoms with Crippen LogP contribution in [0.15, 0.2) is 35.0 Å². The van der Waals surface area contributed by atoms with Gasteiger partial charge in [0.25, 0.3) is 0 Å². The molecule has 2 rings (SSSR count). The second-order valence-corrected chi connectivity index (χ2v) is 7.36.